The molecule has 1 aliphatic heterocycles. The van der Waals surface area contributed by atoms with E-state index in [1.807, 2.05) is 13.8 Å². The first kappa shape index (κ1) is 21.6. The van der Waals surface area contributed by atoms with Crippen LogP contribution in [-0.2, 0) is 9.53 Å². The highest BCUT2D eigenvalue weighted by Gasteiger charge is 2.52. The topological polar surface area (TPSA) is 32.8 Å². The fraction of sp³-hybridized carbons (Fsp3) is 0.947. The van der Waals surface area contributed by atoms with Gasteiger partial charge in [-0.05, 0) is 24.7 Å². The lowest BCUT2D eigenvalue weighted by atomic mass is 9.66. The predicted octanol–water partition coefficient (Wildman–Crippen LogP) is 2.16. The standard InChI is InChI=1S/C19H40N2O2Si/c1-9-23-18(22)16(8)12-20-10-11-21(24)19(14(4)5,15(6)7)17(20)13(2)3/h13-17H,9-12H2,1-8,24H3. The van der Waals surface area contributed by atoms with E-state index in [2.05, 4.69) is 51.0 Å². The molecule has 0 aromatic heterocycles. The van der Waals surface area contributed by atoms with Crippen molar-refractivity contribution in [3.05, 3.63) is 0 Å². The number of piperazine rings is 1. The lowest BCUT2D eigenvalue weighted by Crippen LogP contribution is -2.73. The predicted molar refractivity (Wildman–Crippen MR) is 105 cm³/mol. The summed E-state index contributed by atoms with van der Waals surface area (Å²) in [6, 6.07) is 0.473. The molecule has 24 heavy (non-hydrogen) atoms. The van der Waals surface area contributed by atoms with E-state index < -0.39 is 0 Å². The maximum atomic E-state index is 12.1. The second-order valence-electron chi connectivity index (χ2n) is 8.46. The highest BCUT2D eigenvalue weighted by molar-refractivity contribution is 6.05. The van der Waals surface area contributed by atoms with Crippen LogP contribution in [0.1, 0.15) is 55.4 Å². The summed E-state index contributed by atoms with van der Waals surface area (Å²) in [7, 11) is 1.09. The summed E-state index contributed by atoms with van der Waals surface area (Å²) in [5.41, 5.74) is 0.188. The molecule has 4 nitrogen and oxygen atoms in total. The van der Waals surface area contributed by atoms with E-state index in [0.717, 1.165) is 30.0 Å². The van der Waals surface area contributed by atoms with Crippen LogP contribution < -0.4 is 0 Å². The van der Waals surface area contributed by atoms with Crippen molar-refractivity contribution in [3.8, 4) is 0 Å². The van der Waals surface area contributed by atoms with Gasteiger partial charge in [0.25, 0.3) is 0 Å². The molecule has 1 fully saturated rings. The summed E-state index contributed by atoms with van der Waals surface area (Å²) in [6.45, 7) is 21.5. The molecule has 5 heteroatoms. The molecule has 0 radical (unpaired) electrons. The third kappa shape index (κ3) is 4.05. The van der Waals surface area contributed by atoms with Gasteiger partial charge in [0.1, 0.15) is 0 Å². The zero-order valence-electron chi connectivity index (χ0n) is 17.4. The van der Waals surface area contributed by atoms with Crippen LogP contribution in [0.3, 0.4) is 0 Å². The van der Waals surface area contributed by atoms with E-state index in [4.69, 9.17) is 4.74 Å². The monoisotopic (exact) mass is 356 g/mol. The van der Waals surface area contributed by atoms with E-state index >= 15 is 0 Å². The summed E-state index contributed by atoms with van der Waals surface area (Å²) in [4.78, 5) is 14.7. The van der Waals surface area contributed by atoms with E-state index in [-0.39, 0.29) is 17.4 Å². The molecule has 0 N–H and O–H groups in total. The van der Waals surface area contributed by atoms with E-state index in [0.29, 0.717) is 30.4 Å². The molecule has 0 aromatic carbocycles. The molecule has 1 heterocycles. The van der Waals surface area contributed by atoms with Crippen LogP contribution in [-0.4, -0.2) is 63.7 Å². The van der Waals surface area contributed by atoms with E-state index in [9.17, 15) is 4.79 Å². The Bertz CT molecular complexity index is 404. The highest BCUT2D eigenvalue weighted by Crippen LogP contribution is 2.43. The molecule has 0 saturated carbocycles. The number of esters is 1. The molecule has 2 atom stereocenters. The molecule has 0 amide bonds. The average molecular weight is 357 g/mol. The third-order valence-electron chi connectivity index (χ3n) is 5.93. The van der Waals surface area contributed by atoms with Crippen LogP contribution >= 0.6 is 0 Å². The SMILES string of the molecule is CCOC(=O)C(C)CN1CCN([SiH3])C(C(C)C)(C(C)C)C1C(C)C. The first-order valence-electron chi connectivity index (χ1n) is 9.72. The fourth-order valence-electron chi connectivity index (χ4n) is 5.23. The molecule has 1 rings (SSSR count). The zero-order valence-corrected chi connectivity index (χ0v) is 19.4. The lowest BCUT2D eigenvalue weighted by molar-refractivity contribution is -0.150. The van der Waals surface area contributed by atoms with Gasteiger partial charge in [-0.15, -0.1) is 0 Å². The Balaban J connectivity index is 3.16. The first-order valence-corrected chi connectivity index (χ1v) is 10.6. The van der Waals surface area contributed by atoms with Crippen molar-refractivity contribution in [2.75, 3.05) is 26.2 Å². The second kappa shape index (κ2) is 8.81. The van der Waals surface area contributed by atoms with Crippen molar-refractivity contribution >= 4 is 16.4 Å². The first-order chi connectivity index (χ1) is 11.1. The molecule has 0 spiro atoms. The van der Waals surface area contributed by atoms with Gasteiger partial charge < -0.3 is 9.30 Å². The molecular formula is C19H40N2O2Si. The molecule has 0 aromatic rings. The zero-order chi connectivity index (χ0) is 18.7. The average Bonchev–Trinajstić information content (AvgIpc) is 2.47. The third-order valence-corrected chi connectivity index (χ3v) is 7.15. The van der Waals surface area contributed by atoms with Crippen LogP contribution in [0.4, 0.5) is 0 Å². The van der Waals surface area contributed by atoms with E-state index in [1.54, 1.807) is 0 Å². The Morgan fingerprint density at radius 2 is 1.67 bits per heavy atom. The minimum Gasteiger partial charge on any atom is -0.466 e. The van der Waals surface area contributed by atoms with Crippen LogP contribution in [0.5, 0.6) is 0 Å². The van der Waals surface area contributed by atoms with Crippen LogP contribution in [0.15, 0.2) is 0 Å². The smallest absolute Gasteiger partial charge is 0.309 e. The molecule has 0 bridgehead atoms. The maximum Gasteiger partial charge on any atom is 0.309 e. The Kier molecular flexibility index (Phi) is 7.95. The van der Waals surface area contributed by atoms with Gasteiger partial charge in [-0.2, -0.15) is 0 Å². The molecule has 2 unspecified atom stereocenters. The van der Waals surface area contributed by atoms with Gasteiger partial charge >= 0.3 is 5.97 Å². The van der Waals surface area contributed by atoms with Gasteiger partial charge in [0, 0.05) is 31.2 Å². The summed E-state index contributed by atoms with van der Waals surface area (Å²) in [5, 5.41) is 0. The lowest BCUT2D eigenvalue weighted by Gasteiger charge is -2.62. The van der Waals surface area contributed by atoms with Crippen molar-refractivity contribution in [1.82, 2.24) is 9.47 Å². The van der Waals surface area contributed by atoms with Crippen molar-refractivity contribution in [2.24, 2.45) is 23.7 Å². The Morgan fingerprint density at radius 1 is 1.12 bits per heavy atom. The van der Waals surface area contributed by atoms with Crippen LogP contribution in [0, 0.1) is 23.7 Å². The van der Waals surface area contributed by atoms with Gasteiger partial charge in [0.15, 0.2) is 0 Å². The number of carbonyl (C=O) groups is 1. The highest BCUT2D eigenvalue weighted by atomic mass is 28.2. The van der Waals surface area contributed by atoms with Crippen LogP contribution in [0.2, 0.25) is 0 Å². The minimum atomic E-state index is -0.0659. The van der Waals surface area contributed by atoms with Gasteiger partial charge in [0.05, 0.1) is 22.9 Å². The van der Waals surface area contributed by atoms with Crippen molar-refractivity contribution in [1.29, 1.82) is 0 Å². The minimum absolute atomic E-state index is 0.0620. The van der Waals surface area contributed by atoms with E-state index in [1.165, 1.54) is 0 Å². The largest absolute Gasteiger partial charge is 0.466 e. The maximum absolute atomic E-state index is 12.1. The summed E-state index contributed by atoms with van der Waals surface area (Å²) in [6.07, 6.45) is 0. The number of hydrogen-bond donors (Lipinski definition) is 0. The number of ether oxygens (including phenoxy) is 1. The Labute approximate surface area is 152 Å². The quantitative estimate of drug-likeness (QED) is 0.517. The Hall–Kier alpha value is -0.393. The second-order valence-corrected chi connectivity index (χ2v) is 9.53. The number of rotatable bonds is 7. The van der Waals surface area contributed by atoms with Crippen molar-refractivity contribution in [3.63, 3.8) is 0 Å². The molecule has 1 aliphatic rings. The Morgan fingerprint density at radius 3 is 2.08 bits per heavy atom. The summed E-state index contributed by atoms with van der Waals surface area (Å²) in [5.74, 6) is 1.60. The van der Waals surface area contributed by atoms with Gasteiger partial charge in [-0.1, -0.05) is 48.5 Å². The number of hydrogen-bond acceptors (Lipinski definition) is 4. The number of nitrogens with zero attached hydrogens (tertiary/aromatic N) is 2. The van der Waals surface area contributed by atoms with Gasteiger partial charge in [-0.25, -0.2) is 0 Å². The normalized spacial score (nSPS) is 24.0. The van der Waals surface area contributed by atoms with Crippen molar-refractivity contribution < 1.29 is 9.53 Å². The van der Waals surface area contributed by atoms with Gasteiger partial charge in [-0.3, -0.25) is 9.69 Å². The van der Waals surface area contributed by atoms with Crippen LogP contribution in [0.25, 0.3) is 0 Å². The summed E-state index contributed by atoms with van der Waals surface area (Å²) < 4.78 is 7.96. The van der Waals surface area contributed by atoms with Crippen molar-refractivity contribution in [2.45, 2.75) is 67.0 Å². The number of carbonyl (C=O) groups excluding carboxylic acids is 1. The van der Waals surface area contributed by atoms with Gasteiger partial charge in [0.2, 0.25) is 0 Å². The molecule has 1 saturated heterocycles. The molecular weight excluding hydrogens is 316 g/mol. The fourth-order valence-corrected chi connectivity index (χ4v) is 6.73. The molecule has 142 valence electrons. The molecule has 0 aliphatic carbocycles. The summed E-state index contributed by atoms with van der Waals surface area (Å²) >= 11 is 0.